The molecular formula is C23H32N2O6. The van der Waals surface area contributed by atoms with E-state index >= 15 is 0 Å². The fraction of sp³-hybridized carbons (Fsp3) is 0.652. The SMILES string of the molecule is COc1ccc(CCN2CC(C(=O)N3CCC(C4OCCO4)CC3)CC2=O)cc1OC. The molecule has 0 N–H and O–H groups in total. The number of hydrogen-bond donors (Lipinski definition) is 0. The summed E-state index contributed by atoms with van der Waals surface area (Å²) in [6.45, 7) is 3.84. The Morgan fingerprint density at radius 2 is 1.81 bits per heavy atom. The van der Waals surface area contributed by atoms with Gasteiger partial charge in [0.15, 0.2) is 17.8 Å². The molecule has 0 radical (unpaired) electrons. The van der Waals surface area contributed by atoms with Gasteiger partial charge in [0.25, 0.3) is 0 Å². The summed E-state index contributed by atoms with van der Waals surface area (Å²) >= 11 is 0. The van der Waals surface area contributed by atoms with Gasteiger partial charge in [0, 0.05) is 38.5 Å². The molecule has 0 aromatic heterocycles. The molecule has 1 atom stereocenters. The van der Waals surface area contributed by atoms with Gasteiger partial charge in [0.05, 0.1) is 33.4 Å². The first-order chi connectivity index (χ1) is 15.1. The molecule has 3 aliphatic heterocycles. The van der Waals surface area contributed by atoms with Gasteiger partial charge in [-0.1, -0.05) is 6.07 Å². The molecule has 3 saturated heterocycles. The van der Waals surface area contributed by atoms with Crippen molar-refractivity contribution in [1.29, 1.82) is 0 Å². The van der Waals surface area contributed by atoms with E-state index in [4.69, 9.17) is 18.9 Å². The Balaban J connectivity index is 1.26. The summed E-state index contributed by atoms with van der Waals surface area (Å²) in [5.41, 5.74) is 1.07. The van der Waals surface area contributed by atoms with Crippen molar-refractivity contribution in [2.24, 2.45) is 11.8 Å². The third-order valence-electron chi connectivity index (χ3n) is 6.57. The first kappa shape index (κ1) is 21.9. The highest BCUT2D eigenvalue weighted by molar-refractivity contribution is 5.89. The molecule has 1 unspecified atom stereocenters. The third-order valence-corrected chi connectivity index (χ3v) is 6.57. The van der Waals surface area contributed by atoms with Gasteiger partial charge in [-0.25, -0.2) is 0 Å². The predicted octanol–water partition coefficient (Wildman–Crippen LogP) is 1.71. The first-order valence-corrected chi connectivity index (χ1v) is 11.1. The molecule has 0 saturated carbocycles. The predicted molar refractivity (Wildman–Crippen MR) is 113 cm³/mol. The molecule has 170 valence electrons. The van der Waals surface area contributed by atoms with Crippen molar-refractivity contribution in [3.05, 3.63) is 23.8 Å². The standard InChI is InChI=1S/C23H32N2O6/c1-28-19-4-3-16(13-20(19)29-2)5-8-25-15-18(14-21(25)26)22(27)24-9-6-17(7-10-24)23-30-11-12-31-23/h3-4,13,17-18,23H,5-12,14-15H2,1-2H3. The largest absolute Gasteiger partial charge is 0.493 e. The average Bonchev–Trinajstić information content (AvgIpc) is 3.47. The zero-order valence-corrected chi connectivity index (χ0v) is 18.4. The maximum Gasteiger partial charge on any atom is 0.227 e. The van der Waals surface area contributed by atoms with Crippen LogP contribution in [0.1, 0.15) is 24.8 Å². The second-order valence-corrected chi connectivity index (χ2v) is 8.45. The van der Waals surface area contributed by atoms with E-state index in [-0.39, 0.29) is 24.0 Å². The van der Waals surface area contributed by atoms with Gasteiger partial charge in [-0.15, -0.1) is 0 Å². The smallest absolute Gasteiger partial charge is 0.227 e. The number of piperidine rings is 1. The molecule has 1 aromatic carbocycles. The van der Waals surface area contributed by atoms with Crippen LogP contribution in [0, 0.1) is 11.8 Å². The van der Waals surface area contributed by atoms with Crippen LogP contribution in [0.15, 0.2) is 18.2 Å². The highest BCUT2D eigenvalue weighted by Crippen LogP contribution is 2.30. The molecule has 31 heavy (non-hydrogen) atoms. The van der Waals surface area contributed by atoms with Crippen LogP contribution in [0.5, 0.6) is 11.5 Å². The number of nitrogens with zero attached hydrogens (tertiary/aromatic N) is 2. The van der Waals surface area contributed by atoms with Crippen molar-refractivity contribution in [3.8, 4) is 11.5 Å². The first-order valence-electron chi connectivity index (χ1n) is 11.1. The summed E-state index contributed by atoms with van der Waals surface area (Å²) in [5.74, 6) is 1.64. The number of carbonyl (C=O) groups is 2. The molecule has 0 bridgehead atoms. The van der Waals surface area contributed by atoms with Crippen LogP contribution in [0.25, 0.3) is 0 Å². The minimum Gasteiger partial charge on any atom is -0.493 e. The maximum absolute atomic E-state index is 13.0. The molecule has 3 aliphatic rings. The highest BCUT2D eigenvalue weighted by atomic mass is 16.7. The highest BCUT2D eigenvalue weighted by Gasteiger charge is 2.38. The molecule has 0 spiro atoms. The lowest BCUT2D eigenvalue weighted by Crippen LogP contribution is -2.44. The van der Waals surface area contributed by atoms with Crippen LogP contribution in [-0.2, 0) is 25.5 Å². The second kappa shape index (κ2) is 9.87. The Bertz CT molecular complexity index is 786. The van der Waals surface area contributed by atoms with Crippen LogP contribution < -0.4 is 9.47 Å². The van der Waals surface area contributed by atoms with Gasteiger partial charge in [-0.05, 0) is 37.0 Å². The van der Waals surface area contributed by atoms with Crippen LogP contribution in [0.3, 0.4) is 0 Å². The van der Waals surface area contributed by atoms with Gasteiger partial charge in [-0.2, -0.15) is 0 Å². The monoisotopic (exact) mass is 432 g/mol. The second-order valence-electron chi connectivity index (χ2n) is 8.45. The topological polar surface area (TPSA) is 77.5 Å². The van der Waals surface area contributed by atoms with E-state index in [1.165, 1.54) is 0 Å². The number of carbonyl (C=O) groups excluding carboxylic acids is 2. The summed E-state index contributed by atoms with van der Waals surface area (Å²) in [6.07, 6.45) is 2.68. The molecule has 2 amide bonds. The Kier molecular flexibility index (Phi) is 6.97. The van der Waals surface area contributed by atoms with Crippen molar-refractivity contribution in [2.75, 3.05) is 53.6 Å². The zero-order chi connectivity index (χ0) is 21.8. The van der Waals surface area contributed by atoms with Crippen molar-refractivity contribution in [3.63, 3.8) is 0 Å². The van der Waals surface area contributed by atoms with Crippen LogP contribution >= 0.6 is 0 Å². The van der Waals surface area contributed by atoms with Crippen LogP contribution in [0.4, 0.5) is 0 Å². The van der Waals surface area contributed by atoms with E-state index in [1.807, 2.05) is 28.0 Å². The van der Waals surface area contributed by atoms with Gasteiger partial charge < -0.3 is 28.7 Å². The summed E-state index contributed by atoms with van der Waals surface area (Å²) in [5, 5.41) is 0. The van der Waals surface area contributed by atoms with Gasteiger partial charge in [-0.3, -0.25) is 9.59 Å². The zero-order valence-electron chi connectivity index (χ0n) is 18.4. The Hall–Kier alpha value is -2.32. The van der Waals surface area contributed by atoms with Crippen LogP contribution in [0.2, 0.25) is 0 Å². The Morgan fingerprint density at radius 3 is 2.48 bits per heavy atom. The lowest BCUT2D eigenvalue weighted by atomic mass is 9.95. The Morgan fingerprint density at radius 1 is 1.10 bits per heavy atom. The molecule has 1 aromatic rings. The summed E-state index contributed by atoms with van der Waals surface area (Å²) in [7, 11) is 3.22. The number of benzene rings is 1. The third kappa shape index (κ3) is 4.96. The number of hydrogen-bond acceptors (Lipinski definition) is 6. The van der Waals surface area contributed by atoms with E-state index in [0.29, 0.717) is 69.7 Å². The Labute approximate surface area is 183 Å². The molecule has 8 heteroatoms. The molecule has 8 nitrogen and oxygen atoms in total. The van der Waals surface area contributed by atoms with E-state index in [0.717, 1.165) is 18.4 Å². The minimum absolute atomic E-state index is 0.0569. The maximum atomic E-state index is 13.0. The fourth-order valence-electron chi connectivity index (χ4n) is 4.75. The molecule has 0 aliphatic carbocycles. The number of ether oxygens (including phenoxy) is 4. The van der Waals surface area contributed by atoms with Crippen molar-refractivity contribution >= 4 is 11.8 Å². The minimum atomic E-state index is -0.242. The quantitative estimate of drug-likeness (QED) is 0.653. The lowest BCUT2D eigenvalue weighted by Gasteiger charge is -2.35. The number of likely N-dealkylation sites (tertiary alicyclic amines) is 2. The summed E-state index contributed by atoms with van der Waals surface area (Å²) in [6, 6.07) is 5.79. The summed E-state index contributed by atoms with van der Waals surface area (Å²) in [4.78, 5) is 29.3. The van der Waals surface area contributed by atoms with Crippen molar-refractivity contribution < 1.29 is 28.5 Å². The summed E-state index contributed by atoms with van der Waals surface area (Å²) < 4.78 is 21.9. The van der Waals surface area contributed by atoms with Crippen molar-refractivity contribution in [2.45, 2.75) is 32.0 Å². The normalized spacial score (nSPS) is 22.9. The van der Waals surface area contributed by atoms with Gasteiger partial charge in [0.1, 0.15) is 0 Å². The number of amides is 2. The molecular weight excluding hydrogens is 400 g/mol. The van der Waals surface area contributed by atoms with E-state index in [9.17, 15) is 9.59 Å². The fourth-order valence-corrected chi connectivity index (χ4v) is 4.75. The van der Waals surface area contributed by atoms with E-state index in [1.54, 1.807) is 14.2 Å². The molecule has 4 rings (SSSR count). The molecule has 3 heterocycles. The van der Waals surface area contributed by atoms with Gasteiger partial charge >= 0.3 is 0 Å². The van der Waals surface area contributed by atoms with Crippen LogP contribution in [-0.4, -0.2) is 81.5 Å². The number of methoxy groups -OCH3 is 2. The molecule has 3 fully saturated rings. The average molecular weight is 433 g/mol. The lowest BCUT2D eigenvalue weighted by molar-refractivity contribution is -0.140. The van der Waals surface area contributed by atoms with Crippen molar-refractivity contribution in [1.82, 2.24) is 9.80 Å². The van der Waals surface area contributed by atoms with E-state index < -0.39 is 0 Å². The van der Waals surface area contributed by atoms with E-state index in [2.05, 4.69) is 0 Å². The number of rotatable bonds is 7. The van der Waals surface area contributed by atoms with Gasteiger partial charge in [0.2, 0.25) is 11.8 Å².